The van der Waals surface area contributed by atoms with E-state index < -0.39 is 31.2 Å². The molecule has 1 aromatic carbocycles. The Balaban J connectivity index is 2.67. The van der Waals surface area contributed by atoms with Gasteiger partial charge < -0.3 is 19.5 Å². The number of alkyl halides is 3. The smallest absolute Gasteiger partial charge is 0.405 e. The number of hydrogen-bond donors (Lipinski definition) is 1. The fraction of sp³-hybridized carbons (Fsp3) is 0.529. The third-order valence-corrected chi connectivity index (χ3v) is 2.87. The van der Waals surface area contributed by atoms with Crippen LogP contribution in [0.4, 0.5) is 13.2 Å². The van der Waals surface area contributed by atoms with Gasteiger partial charge in [0.1, 0.15) is 6.54 Å². The van der Waals surface area contributed by atoms with E-state index in [4.69, 9.17) is 14.2 Å². The Morgan fingerprint density at radius 1 is 1.15 bits per heavy atom. The highest BCUT2D eigenvalue weighted by Crippen LogP contribution is 2.29. The van der Waals surface area contributed by atoms with Crippen molar-refractivity contribution in [3.05, 3.63) is 23.8 Å². The van der Waals surface area contributed by atoms with Crippen molar-refractivity contribution in [1.82, 2.24) is 5.32 Å². The van der Waals surface area contributed by atoms with Gasteiger partial charge in [0, 0.05) is 0 Å². The van der Waals surface area contributed by atoms with E-state index in [1.54, 1.807) is 12.2 Å². The lowest BCUT2D eigenvalue weighted by Crippen LogP contribution is -2.36. The zero-order valence-corrected chi connectivity index (χ0v) is 14.8. The van der Waals surface area contributed by atoms with Crippen molar-refractivity contribution in [1.29, 1.82) is 0 Å². The predicted molar refractivity (Wildman–Crippen MR) is 87.3 cm³/mol. The SMILES string of the molecule is CCOc1cc(C(=O)OCC(=O)NCC(F)(F)F)ccc1OCC(C)C. The molecule has 0 heterocycles. The number of halogens is 3. The summed E-state index contributed by atoms with van der Waals surface area (Å²) in [5, 5.41) is 1.61. The van der Waals surface area contributed by atoms with Crippen molar-refractivity contribution in [2.75, 3.05) is 26.4 Å². The number of hydrogen-bond acceptors (Lipinski definition) is 5. The first-order valence-electron chi connectivity index (χ1n) is 8.02. The minimum atomic E-state index is -4.53. The number of carbonyl (C=O) groups excluding carboxylic acids is 2. The van der Waals surface area contributed by atoms with Gasteiger partial charge in [-0.2, -0.15) is 13.2 Å². The summed E-state index contributed by atoms with van der Waals surface area (Å²) in [7, 11) is 0. The topological polar surface area (TPSA) is 73.9 Å². The van der Waals surface area contributed by atoms with Gasteiger partial charge in [-0.3, -0.25) is 4.79 Å². The zero-order chi connectivity index (χ0) is 19.7. The summed E-state index contributed by atoms with van der Waals surface area (Å²) in [6, 6.07) is 4.36. The summed E-state index contributed by atoms with van der Waals surface area (Å²) in [6.45, 7) is 4.23. The minimum absolute atomic E-state index is 0.0916. The number of benzene rings is 1. The van der Waals surface area contributed by atoms with Crippen LogP contribution in [0.15, 0.2) is 18.2 Å². The molecule has 0 unspecified atom stereocenters. The van der Waals surface area contributed by atoms with Crippen molar-refractivity contribution in [2.45, 2.75) is 26.9 Å². The molecule has 6 nitrogen and oxygen atoms in total. The second-order valence-electron chi connectivity index (χ2n) is 5.77. The average molecular weight is 377 g/mol. The molecule has 0 aromatic heterocycles. The van der Waals surface area contributed by atoms with Crippen LogP contribution in [0.3, 0.4) is 0 Å². The number of amides is 1. The molecule has 0 fully saturated rings. The normalized spacial score (nSPS) is 11.2. The predicted octanol–water partition coefficient (Wildman–Crippen LogP) is 2.96. The highest BCUT2D eigenvalue weighted by Gasteiger charge is 2.27. The highest BCUT2D eigenvalue weighted by atomic mass is 19.4. The molecule has 0 aliphatic carbocycles. The number of ether oxygens (including phenoxy) is 3. The number of esters is 1. The highest BCUT2D eigenvalue weighted by molar-refractivity contribution is 5.92. The van der Waals surface area contributed by atoms with Crippen LogP contribution in [0.25, 0.3) is 0 Å². The van der Waals surface area contributed by atoms with Gasteiger partial charge in [-0.05, 0) is 31.0 Å². The van der Waals surface area contributed by atoms with E-state index in [1.807, 2.05) is 13.8 Å². The third kappa shape index (κ3) is 8.09. The first-order chi connectivity index (χ1) is 12.1. The minimum Gasteiger partial charge on any atom is -0.490 e. The Kier molecular flexibility index (Phi) is 8.21. The van der Waals surface area contributed by atoms with Crippen LogP contribution in [0, 0.1) is 5.92 Å². The molecule has 146 valence electrons. The van der Waals surface area contributed by atoms with Crippen LogP contribution in [0.1, 0.15) is 31.1 Å². The molecular formula is C17H22F3NO5. The van der Waals surface area contributed by atoms with Crippen LogP contribution in [0.5, 0.6) is 11.5 Å². The Morgan fingerprint density at radius 3 is 2.42 bits per heavy atom. The molecular weight excluding hydrogens is 355 g/mol. The van der Waals surface area contributed by atoms with Gasteiger partial charge in [-0.1, -0.05) is 13.8 Å². The second kappa shape index (κ2) is 9.88. The Bertz CT molecular complexity index is 617. The number of nitrogens with one attached hydrogen (secondary N) is 1. The quantitative estimate of drug-likeness (QED) is 0.670. The fourth-order valence-electron chi connectivity index (χ4n) is 1.74. The van der Waals surface area contributed by atoms with Crippen molar-refractivity contribution in [2.24, 2.45) is 5.92 Å². The maximum absolute atomic E-state index is 12.0. The van der Waals surface area contributed by atoms with E-state index in [1.165, 1.54) is 18.2 Å². The van der Waals surface area contributed by atoms with Gasteiger partial charge in [0.05, 0.1) is 18.8 Å². The number of carbonyl (C=O) groups is 2. The van der Waals surface area contributed by atoms with Crippen LogP contribution in [0.2, 0.25) is 0 Å². The van der Waals surface area contributed by atoms with E-state index in [0.29, 0.717) is 30.6 Å². The van der Waals surface area contributed by atoms with Crippen molar-refractivity contribution in [3.8, 4) is 11.5 Å². The summed E-state index contributed by atoms with van der Waals surface area (Å²) >= 11 is 0. The summed E-state index contributed by atoms with van der Waals surface area (Å²) < 4.78 is 51.7. The second-order valence-corrected chi connectivity index (χ2v) is 5.77. The van der Waals surface area contributed by atoms with E-state index in [0.717, 1.165) is 0 Å². The van der Waals surface area contributed by atoms with Gasteiger partial charge in [0.2, 0.25) is 0 Å². The molecule has 0 bridgehead atoms. The lowest BCUT2D eigenvalue weighted by atomic mass is 10.2. The summed E-state index contributed by atoms with van der Waals surface area (Å²) in [5.74, 6) is -0.811. The molecule has 0 saturated carbocycles. The molecule has 1 rings (SSSR count). The van der Waals surface area contributed by atoms with Crippen LogP contribution in [-0.2, 0) is 9.53 Å². The third-order valence-electron chi connectivity index (χ3n) is 2.87. The molecule has 0 spiro atoms. The standard InChI is InChI=1S/C17H22F3NO5/c1-4-24-14-7-12(5-6-13(14)25-8-11(2)3)16(23)26-9-15(22)21-10-17(18,19)20/h5-7,11H,4,8-10H2,1-3H3,(H,21,22). The number of rotatable bonds is 9. The van der Waals surface area contributed by atoms with Gasteiger partial charge in [-0.15, -0.1) is 0 Å². The summed E-state index contributed by atoms with van der Waals surface area (Å²) in [4.78, 5) is 23.2. The molecule has 9 heteroatoms. The van der Waals surface area contributed by atoms with Gasteiger partial charge in [-0.25, -0.2) is 4.79 Å². The Labute approximate surface area is 149 Å². The maximum atomic E-state index is 12.0. The molecule has 0 saturated heterocycles. The van der Waals surface area contributed by atoms with E-state index in [2.05, 4.69) is 0 Å². The first kappa shape index (κ1) is 21.6. The van der Waals surface area contributed by atoms with Crippen LogP contribution in [-0.4, -0.2) is 44.4 Å². The molecule has 0 atom stereocenters. The van der Waals surface area contributed by atoms with Crippen molar-refractivity contribution in [3.63, 3.8) is 0 Å². The lowest BCUT2D eigenvalue weighted by Gasteiger charge is -2.14. The van der Waals surface area contributed by atoms with Crippen molar-refractivity contribution >= 4 is 11.9 Å². The molecule has 0 aliphatic heterocycles. The Hall–Kier alpha value is -2.45. The molecule has 1 N–H and O–H groups in total. The van der Waals surface area contributed by atoms with E-state index in [-0.39, 0.29) is 5.56 Å². The fourth-order valence-corrected chi connectivity index (χ4v) is 1.74. The molecule has 26 heavy (non-hydrogen) atoms. The first-order valence-corrected chi connectivity index (χ1v) is 8.02. The summed E-state index contributed by atoms with van der Waals surface area (Å²) in [5.41, 5.74) is 0.0916. The van der Waals surface area contributed by atoms with Gasteiger partial charge in [0.25, 0.3) is 5.91 Å². The van der Waals surface area contributed by atoms with E-state index >= 15 is 0 Å². The largest absolute Gasteiger partial charge is 0.490 e. The molecule has 0 radical (unpaired) electrons. The zero-order valence-electron chi connectivity index (χ0n) is 14.8. The summed E-state index contributed by atoms with van der Waals surface area (Å²) in [6.07, 6.45) is -4.53. The molecule has 1 aromatic rings. The van der Waals surface area contributed by atoms with E-state index in [9.17, 15) is 22.8 Å². The monoisotopic (exact) mass is 377 g/mol. The Morgan fingerprint density at radius 2 is 1.85 bits per heavy atom. The van der Waals surface area contributed by atoms with Gasteiger partial charge in [0.15, 0.2) is 18.1 Å². The molecule has 0 aliphatic rings. The molecule has 1 amide bonds. The lowest BCUT2D eigenvalue weighted by molar-refractivity contribution is -0.140. The van der Waals surface area contributed by atoms with Crippen molar-refractivity contribution < 1.29 is 37.0 Å². The average Bonchev–Trinajstić information content (AvgIpc) is 2.56. The maximum Gasteiger partial charge on any atom is 0.405 e. The van der Waals surface area contributed by atoms with Crippen LogP contribution < -0.4 is 14.8 Å². The van der Waals surface area contributed by atoms with Gasteiger partial charge >= 0.3 is 12.1 Å². The van der Waals surface area contributed by atoms with Crippen LogP contribution >= 0.6 is 0 Å².